The number of carboxylic acid groups (broad SMARTS) is 1. The molecule has 1 atom stereocenters. The van der Waals surface area contributed by atoms with Gasteiger partial charge >= 0.3 is 6.09 Å². The fraction of sp³-hybridized carbons (Fsp3) is 0.368. The minimum Gasteiger partial charge on any atom is -0.465 e. The van der Waals surface area contributed by atoms with E-state index < -0.39 is 6.09 Å². The lowest BCUT2D eigenvalue weighted by Gasteiger charge is -2.45. The molecule has 6 heteroatoms. The summed E-state index contributed by atoms with van der Waals surface area (Å²) in [7, 11) is 0. The molecule has 1 amide bonds. The lowest BCUT2D eigenvalue weighted by Crippen LogP contribution is -2.55. The summed E-state index contributed by atoms with van der Waals surface area (Å²) in [6, 6.07) is 12.8. The number of nitrogens with zero attached hydrogens (tertiary/aromatic N) is 3. The maximum absolute atomic E-state index is 11.0. The highest BCUT2D eigenvalue weighted by Crippen LogP contribution is 2.35. The van der Waals surface area contributed by atoms with Crippen LogP contribution in [-0.2, 0) is 13.0 Å². The van der Waals surface area contributed by atoms with Gasteiger partial charge in [0.25, 0.3) is 0 Å². The van der Waals surface area contributed by atoms with Crippen LogP contribution in [-0.4, -0.2) is 46.8 Å². The van der Waals surface area contributed by atoms with Crippen LogP contribution in [0.1, 0.15) is 17.5 Å². The second-order valence-electron chi connectivity index (χ2n) is 6.70. The average Bonchev–Trinajstić information content (AvgIpc) is 2.62. The van der Waals surface area contributed by atoms with Gasteiger partial charge in [-0.15, -0.1) is 0 Å². The molecule has 2 N–H and O–H groups in total. The minimum absolute atomic E-state index is 0.442. The zero-order valence-corrected chi connectivity index (χ0v) is 14.1. The molecule has 0 radical (unpaired) electrons. The molecule has 0 bridgehead atoms. The van der Waals surface area contributed by atoms with Gasteiger partial charge in [-0.05, 0) is 24.5 Å². The Kier molecular flexibility index (Phi) is 4.28. The molecule has 0 saturated carbocycles. The molecular formula is C19H22N4O2. The summed E-state index contributed by atoms with van der Waals surface area (Å²) in [5, 5.41) is 11.5. The van der Waals surface area contributed by atoms with E-state index in [1.807, 2.05) is 6.07 Å². The molecule has 6 nitrogen and oxygen atoms in total. The summed E-state index contributed by atoms with van der Waals surface area (Å²) < 4.78 is 0. The molecular weight excluding hydrogens is 316 g/mol. The number of fused-ring (bicyclic) bond motifs is 3. The Morgan fingerprint density at radius 2 is 2.08 bits per heavy atom. The van der Waals surface area contributed by atoms with E-state index in [0.29, 0.717) is 11.7 Å². The topological polar surface area (TPSA) is 68.7 Å². The molecule has 0 aliphatic carbocycles. The fourth-order valence-electron chi connectivity index (χ4n) is 3.95. The van der Waals surface area contributed by atoms with Gasteiger partial charge < -0.3 is 10.0 Å². The molecule has 4 rings (SSSR count). The largest absolute Gasteiger partial charge is 0.465 e. The Morgan fingerprint density at radius 3 is 2.88 bits per heavy atom. The number of pyridine rings is 1. The van der Waals surface area contributed by atoms with Crippen molar-refractivity contribution in [1.82, 2.24) is 9.88 Å². The Balaban J connectivity index is 1.50. The van der Waals surface area contributed by atoms with Crippen LogP contribution in [0, 0.1) is 0 Å². The van der Waals surface area contributed by atoms with Crippen molar-refractivity contribution in [3.8, 4) is 0 Å². The van der Waals surface area contributed by atoms with Gasteiger partial charge in [0.1, 0.15) is 5.82 Å². The van der Waals surface area contributed by atoms with Crippen molar-refractivity contribution < 1.29 is 9.90 Å². The van der Waals surface area contributed by atoms with Gasteiger partial charge in [-0.2, -0.15) is 0 Å². The van der Waals surface area contributed by atoms with Gasteiger partial charge in [-0.25, -0.2) is 9.78 Å². The highest BCUT2D eigenvalue weighted by atomic mass is 16.4. The zero-order chi connectivity index (χ0) is 17.2. The van der Waals surface area contributed by atoms with Crippen LogP contribution in [0.5, 0.6) is 0 Å². The van der Waals surface area contributed by atoms with Crippen molar-refractivity contribution in [2.75, 3.05) is 29.9 Å². The van der Waals surface area contributed by atoms with Crippen molar-refractivity contribution in [3.05, 3.63) is 53.7 Å². The van der Waals surface area contributed by atoms with Gasteiger partial charge in [0.05, 0.1) is 5.69 Å². The Bertz CT molecular complexity index is 765. The first-order chi connectivity index (χ1) is 12.2. The van der Waals surface area contributed by atoms with E-state index in [-0.39, 0.29) is 0 Å². The SMILES string of the molecule is O=C(O)Nc1ccnc2c1CCC1CN(Cc3ccccc3)CCN21. The summed E-state index contributed by atoms with van der Waals surface area (Å²) in [4.78, 5) is 20.4. The van der Waals surface area contributed by atoms with E-state index in [0.717, 1.165) is 50.4 Å². The van der Waals surface area contributed by atoms with Gasteiger partial charge in [0.15, 0.2) is 0 Å². The number of piperazine rings is 1. The Morgan fingerprint density at radius 1 is 1.24 bits per heavy atom. The smallest absolute Gasteiger partial charge is 0.409 e. The maximum Gasteiger partial charge on any atom is 0.409 e. The highest BCUT2D eigenvalue weighted by molar-refractivity contribution is 5.85. The van der Waals surface area contributed by atoms with Crippen LogP contribution in [0.4, 0.5) is 16.3 Å². The third-order valence-corrected chi connectivity index (χ3v) is 5.09. The third-order valence-electron chi connectivity index (χ3n) is 5.09. The van der Waals surface area contributed by atoms with E-state index in [1.54, 1.807) is 12.3 Å². The van der Waals surface area contributed by atoms with E-state index >= 15 is 0 Å². The molecule has 25 heavy (non-hydrogen) atoms. The van der Waals surface area contributed by atoms with E-state index in [2.05, 4.69) is 44.4 Å². The number of hydrogen-bond acceptors (Lipinski definition) is 4. The summed E-state index contributed by atoms with van der Waals surface area (Å²) in [6.07, 6.45) is 2.56. The molecule has 1 fully saturated rings. The number of benzene rings is 1. The normalized spacial score (nSPS) is 19.8. The highest BCUT2D eigenvalue weighted by Gasteiger charge is 2.33. The zero-order valence-electron chi connectivity index (χ0n) is 14.1. The molecule has 2 aliphatic heterocycles. The number of carbonyl (C=O) groups is 1. The Hall–Kier alpha value is -2.60. The lowest BCUT2D eigenvalue weighted by molar-refractivity contribution is 0.205. The summed E-state index contributed by atoms with van der Waals surface area (Å²) in [6.45, 7) is 3.91. The van der Waals surface area contributed by atoms with E-state index in [1.165, 1.54) is 5.56 Å². The van der Waals surface area contributed by atoms with Crippen LogP contribution in [0.25, 0.3) is 0 Å². The van der Waals surface area contributed by atoms with Crippen molar-refractivity contribution >= 4 is 17.6 Å². The first-order valence-corrected chi connectivity index (χ1v) is 8.71. The summed E-state index contributed by atoms with van der Waals surface area (Å²) in [5.41, 5.74) is 3.04. The standard InChI is InChI=1S/C19H22N4O2/c24-19(25)21-17-8-9-20-18-16(17)7-6-15-13-22(10-11-23(15)18)12-14-4-2-1-3-5-14/h1-5,8-9,15H,6-7,10-13H2,(H,20,21)(H,24,25). The number of anilines is 2. The molecule has 0 spiro atoms. The molecule has 1 aromatic heterocycles. The molecule has 2 aromatic rings. The number of amides is 1. The summed E-state index contributed by atoms with van der Waals surface area (Å²) in [5.74, 6) is 0.946. The van der Waals surface area contributed by atoms with Gasteiger partial charge in [0.2, 0.25) is 0 Å². The average molecular weight is 338 g/mol. The molecule has 3 heterocycles. The first kappa shape index (κ1) is 15.9. The van der Waals surface area contributed by atoms with Crippen LogP contribution >= 0.6 is 0 Å². The number of hydrogen-bond donors (Lipinski definition) is 2. The monoisotopic (exact) mass is 338 g/mol. The quantitative estimate of drug-likeness (QED) is 0.901. The van der Waals surface area contributed by atoms with Crippen molar-refractivity contribution in [2.24, 2.45) is 0 Å². The van der Waals surface area contributed by atoms with Gasteiger partial charge in [-0.3, -0.25) is 10.2 Å². The van der Waals surface area contributed by atoms with Crippen molar-refractivity contribution in [1.29, 1.82) is 0 Å². The fourth-order valence-corrected chi connectivity index (χ4v) is 3.95. The van der Waals surface area contributed by atoms with Crippen LogP contribution in [0.2, 0.25) is 0 Å². The minimum atomic E-state index is -1.02. The molecule has 2 aliphatic rings. The third kappa shape index (κ3) is 3.30. The Labute approximate surface area is 147 Å². The number of rotatable bonds is 3. The molecule has 1 aromatic carbocycles. The van der Waals surface area contributed by atoms with E-state index in [9.17, 15) is 4.79 Å². The van der Waals surface area contributed by atoms with Gasteiger partial charge in [-0.1, -0.05) is 30.3 Å². The molecule has 1 unspecified atom stereocenters. The van der Waals surface area contributed by atoms with Crippen molar-refractivity contribution in [3.63, 3.8) is 0 Å². The molecule has 130 valence electrons. The molecule has 1 saturated heterocycles. The van der Waals surface area contributed by atoms with Gasteiger partial charge in [0, 0.05) is 44.0 Å². The lowest BCUT2D eigenvalue weighted by atomic mass is 9.95. The van der Waals surface area contributed by atoms with Crippen LogP contribution in [0.3, 0.4) is 0 Å². The number of aromatic nitrogens is 1. The predicted molar refractivity (Wildman–Crippen MR) is 97.1 cm³/mol. The first-order valence-electron chi connectivity index (χ1n) is 8.71. The van der Waals surface area contributed by atoms with E-state index in [4.69, 9.17) is 5.11 Å². The summed E-state index contributed by atoms with van der Waals surface area (Å²) >= 11 is 0. The van der Waals surface area contributed by atoms with Crippen LogP contribution in [0.15, 0.2) is 42.6 Å². The maximum atomic E-state index is 11.0. The van der Waals surface area contributed by atoms with Crippen LogP contribution < -0.4 is 10.2 Å². The predicted octanol–water partition coefficient (Wildman–Crippen LogP) is 2.81. The second kappa shape index (κ2) is 6.72. The van der Waals surface area contributed by atoms with Crippen molar-refractivity contribution in [2.45, 2.75) is 25.4 Å². The number of nitrogens with one attached hydrogen (secondary N) is 1. The second-order valence-corrected chi connectivity index (χ2v) is 6.70.